The fourth-order valence-corrected chi connectivity index (χ4v) is 2.40. The number of amides is 1. The Hall–Kier alpha value is -1.06. The SMILES string of the molecule is CCCC1CCC(NC=O)(C(=O)O)CC1. The number of rotatable bonds is 5. The molecule has 0 spiro atoms. The number of carbonyl (C=O) groups excluding carboxylic acids is 1. The number of hydrogen-bond acceptors (Lipinski definition) is 2. The highest BCUT2D eigenvalue weighted by molar-refractivity contribution is 5.81. The Labute approximate surface area is 90.0 Å². The average Bonchev–Trinajstić information content (AvgIpc) is 2.21. The van der Waals surface area contributed by atoms with E-state index in [9.17, 15) is 9.59 Å². The summed E-state index contributed by atoms with van der Waals surface area (Å²) in [5.41, 5.74) is -0.994. The van der Waals surface area contributed by atoms with E-state index >= 15 is 0 Å². The largest absolute Gasteiger partial charge is 0.480 e. The summed E-state index contributed by atoms with van der Waals surface area (Å²) in [7, 11) is 0. The van der Waals surface area contributed by atoms with Crippen LogP contribution in [0.25, 0.3) is 0 Å². The lowest BCUT2D eigenvalue weighted by Gasteiger charge is -2.36. The fraction of sp³-hybridized carbons (Fsp3) is 0.818. The molecule has 0 aromatic carbocycles. The predicted octanol–water partition coefficient (Wildman–Crippen LogP) is 1.55. The summed E-state index contributed by atoms with van der Waals surface area (Å²) >= 11 is 0. The zero-order chi connectivity index (χ0) is 11.3. The van der Waals surface area contributed by atoms with Gasteiger partial charge in [0.1, 0.15) is 5.54 Å². The van der Waals surface area contributed by atoms with E-state index in [0.29, 0.717) is 25.2 Å². The molecule has 0 radical (unpaired) electrons. The standard InChI is InChI=1S/C11H19NO3/c1-2-3-9-4-6-11(7-5-9,10(14)15)12-8-13/h8-9H,2-7H2,1H3,(H,12,13)(H,14,15). The molecule has 0 aliphatic heterocycles. The third-order valence-corrected chi connectivity index (χ3v) is 3.40. The molecule has 0 saturated heterocycles. The monoisotopic (exact) mass is 213 g/mol. The number of hydrogen-bond donors (Lipinski definition) is 2. The maximum atomic E-state index is 11.1. The third-order valence-electron chi connectivity index (χ3n) is 3.40. The van der Waals surface area contributed by atoms with Crippen molar-refractivity contribution in [1.82, 2.24) is 5.32 Å². The van der Waals surface area contributed by atoms with Gasteiger partial charge in [-0.1, -0.05) is 19.8 Å². The van der Waals surface area contributed by atoms with E-state index in [1.165, 1.54) is 0 Å². The molecule has 1 saturated carbocycles. The second-order valence-electron chi connectivity index (χ2n) is 4.38. The first kappa shape index (κ1) is 12.0. The predicted molar refractivity (Wildman–Crippen MR) is 56.4 cm³/mol. The molecule has 1 aliphatic carbocycles. The molecular weight excluding hydrogens is 194 g/mol. The minimum Gasteiger partial charge on any atom is -0.480 e. The molecule has 0 aromatic rings. The molecule has 4 nitrogen and oxygen atoms in total. The zero-order valence-corrected chi connectivity index (χ0v) is 9.16. The van der Waals surface area contributed by atoms with Gasteiger partial charge in [0.2, 0.25) is 6.41 Å². The van der Waals surface area contributed by atoms with Crippen molar-refractivity contribution in [2.24, 2.45) is 5.92 Å². The highest BCUT2D eigenvalue weighted by Crippen LogP contribution is 2.34. The topological polar surface area (TPSA) is 66.4 Å². The molecule has 86 valence electrons. The molecule has 1 aliphatic rings. The lowest BCUT2D eigenvalue weighted by molar-refractivity contribution is -0.148. The molecule has 15 heavy (non-hydrogen) atoms. The van der Waals surface area contributed by atoms with Crippen LogP contribution in [0.4, 0.5) is 0 Å². The van der Waals surface area contributed by atoms with E-state index in [1.807, 2.05) is 0 Å². The first-order chi connectivity index (χ1) is 7.14. The van der Waals surface area contributed by atoms with Crippen molar-refractivity contribution >= 4 is 12.4 Å². The van der Waals surface area contributed by atoms with Crippen molar-refractivity contribution in [3.05, 3.63) is 0 Å². The van der Waals surface area contributed by atoms with Crippen LogP contribution in [0.3, 0.4) is 0 Å². The van der Waals surface area contributed by atoms with Crippen LogP contribution in [0.5, 0.6) is 0 Å². The molecule has 0 bridgehead atoms. The van der Waals surface area contributed by atoms with Gasteiger partial charge in [0.25, 0.3) is 0 Å². The summed E-state index contributed by atoms with van der Waals surface area (Å²) in [5.74, 6) is -0.263. The normalized spacial score (nSPS) is 30.9. The van der Waals surface area contributed by atoms with Crippen LogP contribution >= 0.6 is 0 Å². The second kappa shape index (κ2) is 5.14. The Kier molecular flexibility index (Phi) is 4.12. The Morgan fingerprint density at radius 3 is 2.53 bits per heavy atom. The van der Waals surface area contributed by atoms with Gasteiger partial charge >= 0.3 is 5.97 Å². The lowest BCUT2D eigenvalue weighted by atomic mass is 9.75. The van der Waals surface area contributed by atoms with Crippen LogP contribution in [-0.4, -0.2) is 23.0 Å². The Bertz CT molecular complexity index is 232. The number of aliphatic carboxylic acids is 1. The van der Waals surface area contributed by atoms with E-state index in [2.05, 4.69) is 12.2 Å². The molecule has 1 fully saturated rings. The molecule has 0 heterocycles. The smallest absolute Gasteiger partial charge is 0.329 e. The summed E-state index contributed by atoms with van der Waals surface area (Å²) in [6, 6.07) is 0. The Morgan fingerprint density at radius 1 is 1.53 bits per heavy atom. The van der Waals surface area contributed by atoms with Gasteiger partial charge in [-0.15, -0.1) is 0 Å². The highest BCUT2D eigenvalue weighted by atomic mass is 16.4. The summed E-state index contributed by atoms with van der Waals surface area (Å²) < 4.78 is 0. The van der Waals surface area contributed by atoms with Gasteiger partial charge in [0.05, 0.1) is 0 Å². The van der Waals surface area contributed by atoms with Crippen LogP contribution in [-0.2, 0) is 9.59 Å². The number of carboxylic acids is 1. The van der Waals surface area contributed by atoms with E-state index in [-0.39, 0.29) is 0 Å². The lowest BCUT2D eigenvalue weighted by Crippen LogP contribution is -2.53. The zero-order valence-electron chi connectivity index (χ0n) is 9.16. The molecule has 0 unspecified atom stereocenters. The molecule has 2 N–H and O–H groups in total. The van der Waals surface area contributed by atoms with Gasteiger partial charge < -0.3 is 10.4 Å². The number of nitrogens with one attached hydrogen (secondary N) is 1. The average molecular weight is 213 g/mol. The second-order valence-corrected chi connectivity index (χ2v) is 4.38. The minimum absolute atomic E-state index is 0.508. The van der Waals surface area contributed by atoms with Crippen LogP contribution in [0.2, 0.25) is 0 Å². The molecule has 0 aromatic heterocycles. The van der Waals surface area contributed by atoms with Gasteiger partial charge in [0.15, 0.2) is 0 Å². The van der Waals surface area contributed by atoms with Gasteiger partial charge in [-0.05, 0) is 31.6 Å². The molecule has 1 rings (SSSR count). The summed E-state index contributed by atoms with van der Waals surface area (Å²) in [6.45, 7) is 2.14. The van der Waals surface area contributed by atoms with Crippen molar-refractivity contribution in [1.29, 1.82) is 0 Å². The third kappa shape index (κ3) is 2.70. The van der Waals surface area contributed by atoms with Crippen molar-refractivity contribution < 1.29 is 14.7 Å². The first-order valence-electron chi connectivity index (χ1n) is 5.59. The van der Waals surface area contributed by atoms with Gasteiger partial charge in [-0.25, -0.2) is 4.79 Å². The van der Waals surface area contributed by atoms with E-state index in [0.717, 1.165) is 25.7 Å². The number of carboxylic acid groups (broad SMARTS) is 1. The fourth-order valence-electron chi connectivity index (χ4n) is 2.40. The quantitative estimate of drug-likeness (QED) is 0.681. The van der Waals surface area contributed by atoms with Gasteiger partial charge in [-0.3, -0.25) is 4.79 Å². The van der Waals surface area contributed by atoms with Crippen LogP contribution in [0.1, 0.15) is 45.4 Å². The highest BCUT2D eigenvalue weighted by Gasteiger charge is 2.41. The van der Waals surface area contributed by atoms with Crippen LogP contribution < -0.4 is 5.32 Å². The maximum Gasteiger partial charge on any atom is 0.329 e. The summed E-state index contributed by atoms with van der Waals surface area (Å²) in [4.78, 5) is 21.5. The minimum atomic E-state index is -0.994. The summed E-state index contributed by atoms with van der Waals surface area (Å²) in [6.07, 6.45) is 5.75. The molecule has 0 atom stereocenters. The Morgan fingerprint density at radius 2 is 2.13 bits per heavy atom. The Balaban J connectivity index is 2.57. The van der Waals surface area contributed by atoms with E-state index in [1.54, 1.807) is 0 Å². The van der Waals surface area contributed by atoms with Crippen LogP contribution in [0.15, 0.2) is 0 Å². The first-order valence-corrected chi connectivity index (χ1v) is 5.59. The van der Waals surface area contributed by atoms with E-state index < -0.39 is 11.5 Å². The molecular formula is C11H19NO3. The molecule has 4 heteroatoms. The molecule has 1 amide bonds. The van der Waals surface area contributed by atoms with Gasteiger partial charge in [0, 0.05) is 0 Å². The van der Waals surface area contributed by atoms with E-state index in [4.69, 9.17) is 5.11 Å². The van der Waals surface area contributed by atoms with Crippen molar-refractivity contribution in [3.63, 3.8) is 0 Å². The van der Waals surface area contributed by atoms with Crippen molar-refractivity contribution in [2.75, 3.05) is 0 Å². The van der Waals surface area contributed by atoms with Gasteiger partial charge in [-0.2, -0.15) is 0 Å². The number of carbonyl (C=O) groups is 2. The van der Waals surface area contributed by atoms with Crippen LogP contribution in [0, 0.1) is 5.92 Å². The van der Waals surface area contributed by atoms with Crippen molar-refractivity contribution in [2.45, 2.75) is 51.0 Å². The maximum absolute atomic E-state index is 11.1. The summed E-state index contributed by atoms with van der Waals surface area (Å²) in [5, 5.41) is 11.6. The van der Waals surface area contributed by atoms with Crippen molar-refractivity contribution in [3.8, 4) is 0 Å².